The quantitative estimate of drug-likeness (QED) is 0.734. The van der Waals surface area contributed by atoms with Crippen LogP contribution in [0.3, 0.4) is 0 Å². The lowest BCUT2D eigenvalue weighted by molar-refractivity contribution is 0.302. The predicted octanol–water partition coefficient (Wildman–Crippen LogP) is 4.23. The molecule has 112 valence electrons. The zero-order valence-corrected chi connectivity index (χ0v) is 13.7. The summed E-state index contributed by atoms with van der Waals surface area (Å²) in [7, 11) is 0. The van der Waals surface area contributed by atoms with Gasteiger partial charge in [-0.25, -0.2) is 0 Å². The number of phenols is 1. The Morgan fingerprint density at radius 1 is 1.14 bits per heavy atom. The van der Waals surface area contributed by atoms with E-state index in [1.165, 1.54) is 0 Å². The summed E-state index contributed by atoms with van der Waals surface area (Å²) in [5.74, 6) is 1.15. The van der Waals surface area contributed by atoms with E-state index in [4.69, 9.17) is 4.74 Å². The Labute approximate surface area is 134 Å². The number of rotatable bonds is 7. The van der Waals surface area contributed by atoms with Gasteiger partial charge in [0.05, 0.1) is 0 Å². The van der Waals surface area contributed by atoms with Crippen molar-refractivity contribution in [2.24, 2.45) is 0 Å². The second-order valence-corrected chi connectivity index (χ2v) is 5.80. The number of nitrogens with one attached hydrogen (secondary N) is 1. The molecule has 0 saturated heterocycles. The van der Waals surface area contributed by atoms with E-state index >= 15 is 0 Å². The lowest BCUT2D eigenvalue weighted by atomic mass is 10.2. The van der Waals surface area contributed by atoms with Crippen molar-refractivity contribution >= 4 is 15.9 Å². The molecule has 0 radical (unpaired) electrons. The first-order chi connectivity index (χ1) is 10.2. The van der Waals surface area contributed by atoms with Gasteiger partial charge in [-0.3, -0.25) is 0 Å². The van der Waals surface area contributed by atoms with Crippen molar-refractivity contribution < 1.29 is 9.84 Å². The molecule has 21 heavy (non-hydrogen) atoms. The fraction of sp³-hybridized carbons (Fsp3) is 0.294. The van der Waals surface area contributed by atoms with Crippen LogP contribution in [0, 0.1) is 0 Å². The van der Waals surface area contributed by atoms with E-state index in [2.05, 4.69) is 34.2 Å². The van der Waals surface area contributed by atoms with Crippen molar-refractivity contribution in [2.75, 3.05) is 6.54 Å². The summed E-state index contributed by atoms with van der Waals surface area (Å²) in [6.07, 6.45) is 1.11. The largest absolute Gasteiger partial charge is 0.508 e. The fourth-order valence-corrected chi connectivity index (χ4v) is 2.39. The fourth-order valence-electron chi connectivity index (χ4n) is 1.98. The predicted molar refractivity (Wildman–Crippen MR) is 88.6 cm³/mol. The molecule has 0 bridgehead atoms. The lowest BCUT2D eigenvalue weighted by Crippen LogP contribution is -2.14. The maximum Gasteiger partial charge on any atom is 0.124 e. The molecule has 0 atom stereocenters. The average molecular weight is 350 g/mol. The van der Waals surface area contributed by atoms with Crippen LogP contribution in [0.15, 0.2) is 46.9 Å². The molecule has 0 aromatic heterocycles. The molecule has 4 heteroatoms. The Morgan fingerprint density at radius 3 is 2.62 bits per heavy atom. The van der Waals surface area contributed by atoms with Gasteiger partial charge in [-0.1, -0.05) is 35.0 Å². The van der Waals surface area contributed by atoms with E-state index in [9.17, 15) is 5.11 Å². The average Bonchev–Trinajstić information content (AvgIpc) is 2.48. The van der Waals surface area contributed by atoms with Crippen LogP contribution in [-0.4, -0.2) is 11.7 Å². The highest BCUT2D eigenvalue weighted by atomic mass is 79.9. The number of hydrogen-bond acceptors (Lipinski definition) is 3. The standard InChI is InChI=1S/C17H20BrNO2/c1-2-9-19-11-14-10-15(18)5-8-17(14)21-12-13-3-6-16(20)7-4-13/h3-8,10,19-20H,2,9,11-12H2,1H3. The van der Waals surface area contributed by atoms with Crippen LogP contribution in [0.2, 0.25) is 0 Å². The zero-order valence-electron chi connectivity index (χ0n) is 12.1. The summed E-state index contributed by atoms with van der Waals surface area (Å²) in [4.78, 5) is 0. The molecule has 0 aliphatic carbocycles. The lowest BCUT2D eigenvalue weighted by Gasteiger charge is -2.13. The molecule has 0 spiro atoms. The summed E-state index contributed by atoms with van der Waals surface area (Å²) in [5, 5.41) is 12.7. The number of aromatic hydroxyl groups is 1. The highest BCUT2D eigenvalue weighted by molar-refractivity contribution is 9.10. The molecule has 0 aliphatic heterocycles. The van der Waals surface area contributed by atoms with Crippen LogP contribution >= 0.6 is 15.9 Å². The molecular weight excluding hydrogens is 330 g/mol. The summed E-state index contributed by atoms with van der Waals surface area (Å²) in [5.41, 5.74) is 2.17. The smallest absolute Gasteiger partial charge is 0.124 e. The molecule has 3 nitrogen and oxygen atoms in total. The number of benzene rings is 2. The third-order valence-electron chi connectivity index (χ3n) is 3.10. The first kappa shape index (κ1) is 15.9. The molecule has 2 rings (SSSR count). The Hall–Kier alpha value is -1.52. The molecule has 0 saturated carbocycles. The van der Waals surface area contributed by atoms with Gasteiger partial charge in [0, 0.05) is 16.6 Å². The second kappa shape index (κ2) is 8.05. The van der Waals surface area contributed by atoms with Crippen LogP contribution in [0.5, 0.6) is 11.5 Å². The van der Waals surface area contributed by atoms with Gasteiger partial charge in [-0.05, 0) is 48.9 Å². The normalized spacial score (nSPS) is 10.6. The molecule has 0 fully saturated rings. The van der Waals surface area contributed by atoms with E-state index in [0.717, 1.165) is 40.9 Å². The van der Waals surface area contributed by atoms with Gasteiger partial charge in [-0.15, -0.1) is 0 Å². The Balaban J connectivity index is 2.02. The van der Waals surface area contributed by atoms with E-state index in [0.29, 0.717) is 6.61 Å². The topological polar surface area (TPSA) is 41.5 Å². The van der Waals surface area contributed by atoms with Crippen LogP contribution in [-0.2, 0) is 13.2 Å². The summed E-state index contributed by atoms with van der Waals surface area (Å²) in [6.45, 7) is 4.42. The van der Waals surface area contributed by atoms with Gasteiger partial charge in [0.2, 0.25) is 0 Å². The Morgan fingerprint density at radius 2 is 1.90 bits per heavy atom. The van der Waals surface area contributed by atoms with Crippen LogP contribution in [0.4, 0.5) is 0 Å². The maximum atomic E-state index is 9.28. The van der Waals surface area contributed by atoms with Crippen molar-refractivity contribution in [1.82, 2.24) is 5.32 Å². The summed E-state index contributed by atoms with van der Waals surface area (Å²) < 4.78 is 6.96. The number of phenolic OH excluding ortho intramolecular Hbond substituents is 1. The van der Waals surface area contributed by atoms with Crippen LogP contribution in [0.1, 0.15) is 24.5 Å². The number of halogens is 1. The van der Waals surface area contributed by atoms with Crippen molar-refractivity contribution in [3.63, 3.8) is 0 Å². The monoisotopic (exact) mass is 349 g/mol. The van der Waals surface area contributed by atoms with Gasteiger partial charge >= 0.3 is 0 Å². The first-order valence-corrected chi connectivity index (χ1v) is 7.88. The van der Waals surface area contributed by atoms with Crippen molar-refractivity contribution in [3.05, 3.63) is 58.1 Å². The van der Waals surface area contributed by atoms with Gasteiger partial charge in [0.1, 0.15) is 18.1 Å². The number of ether oxygens (including phenoxy) is 1. The van der Waals surface area contributed by atoms with Gasteiger partial charge in [0.15, 0.2) is 0 Å². The highest BCUT2D eigenvalue weighted by Gasteiger charge is 2.05. The van der Waals surface area contributed by atoms with E-state index < -0.39 is 0 Å². The molecule has 0 heterocycles. The van der Waals surface area contributed by atoms with Gasteiger partial charge in [0.25, 0.3) is 0 Å². The SMILES string of the molecule is CCCNCc1cc(Br)ccc1OCc1ccc(O)cc1. The van der Waals surface area contributed by atoms with Gasteiger partial charge in [-0.2, -0.15) is 0 Å². The molecule has 0 unspecified atom stereocenters. The third-order valence-corrected chi connectivity index (χ3v) is 3.59. The van der Waals surface area contributed by atoms with Crippen LogP contribution in [0.25, 0.3) is 0 Å². The van der Waals surface area contributed by atoms with Crippen molar-refractivity contribution in [2.45, 2.75) is 26.5 Å². The molecule has 0 amide bonds. The first-order valence-electron chi connectivity index (χ1n) is 7.09. The Kier molecular flexibility index (Phi) is 6.08. The molecule has 2 aromatic carbocycles. The van der Waals surface area contributed by atoms with Crippen molar-refractivity contribution in [3.8, 4) is 11.5 Å². The molecular formula is C17H20BrNO2. The van der Waals surface area contributed by atoms with E-state index in [1.54, 1.807) is 12.1 Å². The molecule has 0 aliphatic rings. The van der Waals surface area contributed by atoms with Gasteiger partial charge < -0.3 is 15.2 Å². The molecule has 2 N–H and O–H groups in total. The van der Waals surface area contributed by atoms with E-state index in [-0.39, 0.29) is 5.75 Å². The second-order valence-electron chi connectivity index (χ2n) is 4.88. The van der Waals surface area contributed by atoms with E-state index in [1.807, 2.05) is 24.3 Å². The Bertz CT molecular complexity index is 570. The minimum absolute atomic E-state index is 0.270. The number of hydrogen-bond donors (Lipinski definition) is 2. The maximum absolute atomic E-state index is 9.28. The summed E-state index contributed by atoms with van der Waals surface area (Å²) in [6, 6.07) is 13.1. The minimum Gasteiger partial charge on any atom is -0.508 e. The zero-order chi connectivity index (χ0) is 15.1. The van der Waals surface area contributed by atoms with Crippen LogP contribution < -0.4 is 10.1 Å². The third kappa shape index (κ3) is 5.06. The van der Waals surface area contributed by atoms with Crippen molar-refractivity contribution in [1.29, 1.82) is 0 Å². The minimum atomic E-state index is 0.270. The highest BCUT2D eigenvalue weighted by Crippen LogP contribution is 2.24. The summed E-state index contributed by atoms with van der Waals surface area (Å²) >= 11 is 3.50. The molecule has 2 aromatic rings.